The summed E-state index contributed by atoms with van der Waals surface area (Å²) in [6.45, 7) is 0.263. The van der Waals surface area contributed by atoms with Crippen molar-refractivity contribution in [3.63, 3.8) is 0 Å². The standard InChI is InChI=1S/C18H20N2O3/c1-20(12-15-7-4-8-16(21)19-15)17(22)18(23)10-9-13-5-2-3-6-14(13)11-18/h2-8,23H,9-12H2,1H3,(H,19,21). The molecule has 1 amide bonds. The number of amides is 1. The monoisotopic (exact) mass is 312 g/mol. The summed E-state index contributed by atoms with van der Waals surface area (Å²) in [5.74, 6) is -0.309. The number of benzene rings is 1. The highest BCUT2D eigenvalue weighted by atomic mass is 16.3. The van der Waals surface area contributed by atoms with Crippen LogP contribution in [-0.2, 0) is 24.2 Å². The maximum atomic E-state index is 12.7. The molecule has 1 aromatic heterocycles. The first-order valence-corrected chi connectivity index (χ1v) is 7.71. The number of hydrogen-bond acceptors (Lipinski definition) is 3. The van der Waals surface area contributed by atoms with Gasteiger partial charge in [-0.3, -0.25) is 9.59 Å². The fourth-order valence-corrected chi connectivity index (χ4v) is 3.17. The van der Waals surface area contributed by atoms with Crippen molar-refractivity contribution in [3.05, 3.63) is 69.6 Å². The number of likely N-dealkylation sites (N-methyl/N-ethyl adjacent to an activating group) is 1. The molecule has 1 unspecified atom stereocenters. The predicted molar refractivity (Wildman–Crippen MR) is 87.0 cm³/mol. The van der Waals surface area contributed by atoms with E-state index in [1.807, 2.05) is 24.3 Å². The van der Waals surface area contributed by atoms with Crippen LogP contribution in [0.4, 0.5) is 0 Å². The van der Waals surface area contributed by atoms with Crippen LogP contribution in [0.15, 0.2) is 47.3 Å². The van der Waals surface area contributed by atoms with Gasteiger partial charge in [0.1, 0.15) is 5.60 Å². The summed E-state index contributed by atoms with van der Waals surface area (Å²) in [6.07, 6.45) is 1.44. The molecule has 0 aliphatic heterocycles. The number of nitrogens with one attached hydrogen (secondary N) is 1. The molecule has 23 heavy (non-hydrogen) atoms. The van der Waals surface area contributed by atoms with Crippen LogP contribution in [-0.4, -0.2) is 33.5 Å². The molecule has 2 aromatic rings. The van der Waals surface area contributed by atoms with E-state index in [1.165, 1.54) is 16.5 Å². The van der Waals surface area contributed by atoms with Gasteiger partial charge in [0.25, 0.3) is 5.91 Å². The first kappa shape index (κ1) is 15.5. The summed E-state index contributed by atoms with van der Waals surface area (Å²) in [7, 11) is 1.64. The summed E-state index contributed by atoms with van der Waals surface area (Å²) in [4.78, 5) is 28.2. The van der Waals surface area contributed by atoms with Gasteiger partial charge >= 0.3 is 0 Å². The van der Waals surface area contributed by atoms with Crippen molar-refractivity contribution in [1.82, 2.24) is 9.88 Å². The van der Waals surface area contributed by atoms with E-state index in [0.717, 1.165) is 5.56 Å². The minimum Gasteiger partial charge on any atom is -0.380 e. The highest BCUT2D eigenvalue weighted by molar-refractivity contribution is 5.85. The summed E-state index contributed by atoms with van der Waals surface area (Å²) < 4.78 is 0. The van der Waals surface area contributed by atoms with Gasteiger partial charge in [0.2, 0.25) is 5.56 Å². The Morgan fingerprint density at radius 1 is 1.22 bits per heavy atom. The molecular formula is C18H20N2O3. The number of nitrogens with zero attached hydrogens (tertiary/aromatic N) is 1. The Kier molecular flexibility index (Phi) is 4.05. The number of carbonyl (C=O) groups excluding carboxylic acids is 1. The molecule has 2 N–H and O–H groups in total. The van der Waals surface area contributed by atoms with Crippen molar-refractivity contribution in [2.24, 2.45) is 0 Å². The van der Waals surface area contributed by atoms with Crippen molar-refractivity contribution < 1.29 is 9.90 Å². The van der Waals surface area contributed by atoms with E-state index in [2.05, 4.69) is 4.98 Å². The Labute approximate surface area is 134 Å². The van der Waals surface area contributed by atoms with Crippen molar-refractivity contribution in [1.29, 1.82) is 0 Å². The number of carbonyl (C=O) groups is 1. The van der Waals surface area contributed by atoms with E-state index in [1.54, 1.807) is 19.2 Å². The van der Waals surface area contributed by atoms with Crippen molar-refractivity contribution in [3.8, 4) is 0 Å². The van der Waals surface area contributed by atoms with E-state index in [0.29, 0.717) is 25.0 Å². The third-order valence-corrected chi connectivity index (χ3v) is 4.39. The molecule has 5 nitrogen and oxygen atoms in total. The molecule has 1 aromatic carbocycles. The molecule has 0 spiro atoms. The molecule has 5 heteroatoms. The van der Waals surface area contributed by atoms with E-state index < -0.39 is 5.60 Å². The molecule has 1 heterocycles. The van der Waals surface area contributed by atoms with E-state index in [4.69, 9.17) is 0 Å². The lowest BCUT2D eigenvalue weighted by atomic mass is 9.79. The smallest absolute Gasteiger partial charge is 0.254 e. The second-order valence-corrected chi connectivity index (χ2v) is 6.18. The molecule has 0 saturated heterocycles. The SMILES string of the molecule is CN(Cc1cccc(=O)[nH]1)C(=O)C1(O)CCc2ccccc2C1. The first-order valence-electron chi connectivity index (χ1n) is 7.71. The van der Waals surface area contributed by atoms with Crippen LogP contribution in [0.3, 0.4) is 0 Å². The van der Waals surface area contributed by atoms with Gasteiger partial charge in [-0.15, -0.1) is 0 Å². The van der Waals surface area contributed by atoms with Crippen molar-refractivity contribution in [2.75, 3.05) is 7.05 Å². The third kappa shape index (κ3) is 3.19. The number of aryl methyl sites for hydroxylation is 1. The zero-order valence-electron chi connectivity index (χ0n) is 13.1. The van der Waals surface area contributed by atoms with Crippen LogP contribution < -0.4 is 5.56 Å². The minimum atomic E-state index is -1.38. The Bertz CT molecular complexity index is 784. The fraction of sp³-hybridized carbons (Fsp3) is 0.333. The highest BCUT2D eigenvalue weighted by Gasteiger charge is 2.40. The number of hydrogen-bond donors (Lipinski definition) is 2. The molecular weight excluding hydrogens is 292 g/mol. The van der Waals surface area contributed by atoms with Crippen LogP contribution in [0, 0.1) is 0 Å². The zero-order chi connectivity index (χ0) is 16.4. The van der Waals surface area contributed by atoms with Gasteiger partial charge in [-0.05, 0) is 30.0 Å². The molecule has 1 atom stereocenters. The Morgan fingerprint density at radius 3 is 2.70 bits per heavy atom. The molecule has 0 radical (unpaired) electrons. The lowest BCUT2D eigenvalue weighted by Crippen LogP contribution is -2.50. The third-order valence-electron chi connectivity index (χ3n) is 4.39. The molecule has 1 aliphatic carbocycles. The second kappa shape index (κ2) is 6.01. The normalized spacial score (nSPS) is 19.9. The first-order chi connectivity index (χ1) is 11.0. The number of rotatable bonds is 3. The van der Waals surface area contributed by atoms with Crippen LogP contribution in [0.5, 0.6) is 0 Å². The number of aliphatic hydroxyl groups is 1. The Hall–Kier alpha value is -2.40. The molecule has 0 fully saturated rings. The predicted octanol–water partition coefficient (Wildman–Crippen LogP) is 1.25. The maximum Gasteiger partial charge on any atom is 0.254 e. The largest absolute Gasteiger partial charge is 0.380 e. The highest BCUT2D eigenvalue weighted by Crippen LogP contribution is 2.30. The van der Waals surface area contributed by atoms with E-state index >= 15 is 0 Å². The topological polar surface area (TPSA) is 73.4 Å². The maximum absolute atomic E-state index is 12.7. The summed E-state index contributed by atoms with van der Waals surface area (Å²) >= 11 is 0. The van der Waals surface area contributed by atoms with Crippen molar-refractivity contribution in [2.45, 2.75) is 31.4 Å². The molecule has 0 bridgehead atoms. The van der Waals surface area contributed by atoms with Crippen molar-refractivity contribution >= 4 is 5.91 Å². The van der Waals surface area contributed by atoms with Crippen LogP contribution in [0.1, 0.15) is 23.2 Å². The van der Waals surface area contributed by atoms with Crippen LogP contribution >= 0.6 is 0 Å². The molecule has 3 rings (SSSR count). The van der Waals surface area contributed by atoms with E-state index in [9.17, 15) is 14.7 Å². The average Bonchev–Trinajstić information content (AvgIpc) is 2.54. The number of pyridine rings is 1. The molecule has 1 aliphatic rings. The average molecular weight is 312 g/mol. The van der Waals surface area contributed by atoms with Crippen LogP contribution in [0.25, 0.3) is 0 Å². The van der Waals surface area contributed by atoms with Gasteiger partial charge in [0.05, 0.1) is 6.54 Å². The minimum absolute atomic E-state index is 0.200. The van der Waals surface area contributed by atoms with Gasteiger partial charge in [-0.25, -0.2) is 0 Å². The number of H-pyrrole nitrogens is 1. The summed E-state index contributed by atoms with van der Waals surface area (Å²) in [6, 6.07) is 12.7. The fourth-order valence-electron chi connectivity index (χ4n) is 3.17. The number of fused-ring (bicyclic) bond motifs is 1. The Balaban J connectivity index is 1.76. The molecule has 120 valence electrons. The summed E-state index contributed by atoms with van der Waals surface area (Å²) in [5, 5.41) is 10.8. The lowest BCUT2D eigenvalue weighted by Gasteiger charge is -2.35. The van der Waals surface area contributed by atoms with Crippen LogP contribution in [0.2, 0.25) is 0 Å². The quantitative estimate of drug-likeness (QED) is 0.896. The van der Waals surface area contributed by atoms with Gasteiger partial charge in [-0.1, -0.05) is 30.3 Å². The lowest BCUT2D eigenvalue weighted by molar-refractivity contribution is -0.151. The van der Waals surface area contributed by atoms with Gasteiger partial charge in [0.15, 0.2) is 0 Å². The van der Waals surface area contributed by atoms with Gasteiger partial charge < -0.3 is 15.0 Å². The Morgan fingerprint density at radius 2 is 1.96 bits per heavy atom. The zero-order valence-corrected chi connectivity index (χ0v) is 13.1. The van der Waals surface area contributed by atoms with Gasteiger partial charge in [0, 0.05) is 25.2 Å². The number of aromatic amines is 1. The second-order valence-electron chi connectivity index (χ2n) is 6.18. The molecule has 0 saturated carbocycles. The number of aromatic nitrogens is 1. The van der Waals surface area contributed by atoms with E-state index in [-0.39, 0.29) is 18.0 Å². The van der Waals surface area contributed by atoms with Gasteiger partial charge in [-0.2, -0.15) is 0 Å². The summed E-state index contributed by atoms with van der Waals surface area (Å²) in [5.41, 5.74) is 1.29.